The first kappa shape index (κ1) is 13.6. The van der Waals surface area contributed by atoms with Crippen LogP contribution in [0.15, 0.2) is 43.1 Å². The number of fused-ring (bicyclic) bond motifs is 1. The average molecular weight is 282 g/mol. The Morgan fingerprint density at radius 3 is 3.00 bits per heavy atom. The molecule has 2 heterocycles. The fourth-order valence-corrected chi connectivity index (χ4v) is 2.43. The van der Waals surface area contributed by atoms with Crippen molar-refractivity contribution in [3.8, 4) is 11.4 Å². The Kier molecular flexibility index (Phi) is 3.83. The van der Waals surface area contributed by atoms with Crippen LogP contribution in [-0.2, 0) is 13.0 Å². The van der Waals surface area contributed by atoms with Gasteiger partial charge in [0.2, 0.25) is 0 Å². The molecular weight excluding hydrogens is 264 g/mol. The number of allylic oxidation sites excluding steroid dienone is 1. The van der Waals surface area contributed by atoms with E-state index in [4.69, 9.17) is 5.11 Å². The summed E-state index contributed by atoms with van der Waals surface area (Å²) in [6.45, 7) is 4.25. The van der Waals surface area contributed by atoms with E-state index < -0.39 is 0 Å². The van der Waals surface area contributed by atoms with Crippen molar-refractivity contribution in [2.75, 3.05) is 6.61 Å². The summed E-state index contributed by atoms with van der Waals surface area (Å²) in [4.78, 5) is 7.87. The number of aryl methyl sites for hydroxylation is 1. The summed E-state index contributed by atoms with van der Waals surface area (Å²) in [7, 11) is 0. The number of hydrogen-bond donors (Lipinski definition) is 2. The first-order chi connectivity index (χ1) is 10.3. The van der Waals surface area contributed by atoms with Crippen molar-refractivity contribution < 1.29 is 5.11 Å². The third-order valence-electron chi connectivity index (χ3n) is 3.46. The lowest BCUT2D eigenvalue weighted by Gasteiger charge is -2.01. The van der Waals surface area contributed by atoms with Gasteiger partial charge < -0.3 is 10.1 Å². The molecule has 21 heavy (non-hydrogen) atoms. The second kappa shape index (κ2) is 5.93. The second-order valence-corrected chi connectivity index (χ2v) is 4.87. The number of nitrogens with zero attached hydrogens (tertiary/aromatic N) is 3. The third-order valence-corrected chi connectivity index (χ3v) is 3.46. The van der Waals surface area contributed by atoms with Gasteiger partial charge in [-0.15, -0.1) is 6.58 Å². The number of aliphatic hydroxyl groups excluding tert-OH is 1. The van der Waals surface area contributed by atoms with Crippen LogP contribution < -0.4 is 0 Å². The van der Waals surface area contributed by atoms with Crippen LogP contribution >= 0.6 is 0 Å². The van der Waals surface area contributed by atoms with E-state index in [9.17, 15) is 0 Å². The number of hydrogen-bond acceptors (Lipinski definition) is 3. The molecule has 0 saturated heterocycles. The third kappa shape index (κ3) is 2.60. The molecule has 0 amide bonds. The van der Waals surface area contributed by atoms with Crippen molar-refractivity contribution in [3.63, 3.8) is 0 Å². The molecule has 0 radical (unpaired) electrons. The summed E-state index contributed by atoms with van der Waals surface area (Å²) in [5, 5.41) is 14.8. The maximum Gasteiger partial charge on any atom is 0.183 e. The minimum Gasteiger partial charge on any atom is -0.394 e. The Morgan fingerprint density at radius 2 is 2.19 bits per heavy atom. The zero-order chi connectivity index (χ0) is 14.7. The molecule has 2 aromatic heterocycles. The number of nitrogens with one attached hydrogen (secondary N) is 1. The SMILES string of the molecule is C=CCCc1nc(-c2c[nH]c3ccccc23)nn1CCO. The van der Waals surface area contributed by atoms with Crippen LogP contribution in [0.1, 0.15) is 12.2 Å². The van der Waals surface area contributed by atoms with Crippen molar-refractivity contribution in [2.45, 2.75) is 19.4 Å². The summed E-state index contributed by atoms with van der Waals surface area (Å²) < 4.78 is 1.78. The van der Waals surface area contributed by atoms with Crippen molar-refractivity contribution >= 4 is 10.9 Å². The van der Waals surface area contributed by atoms with E-state index in [1.54, 1.807) is 4.68 Å². The highest BCUT2D eigenvalue weighted by molar-refractivity contribution is 5.93. The summed E-state index contributed by atoms with van der Waals surface area (Å²) >= 11 is 0. The second-order valence-electron chi connectivity index (χ2n) is 4.87. The van der Waals surface area contributed by atoms with Gasteiger partial charge >= 0.3 is 0 Å². The van der Waals surface area contributed by atoms with Crippen molar-refractivity contribution in [3.05, 3.63) is 48.9 Å². The highest BCUT2D eigenvalue weighted by Crippen LogP contribution is 2.26. The maximum atomic E-state index is 9.17. The van der Waals surface area contributed by atoms with Gasteiger partial charge in [0, 0.05) is 29.1 Å². The number of para-hydroxylation sites is 1. The molecule has 3 aromatic rings. The lowest BCUT2D eigenvalue weighted by atomic mass is 10.2. The number of aliphatic hydroxyl groups is 1. The molecule has 0 aliphatic carbocycles. The number of aromatic amines is 1. The van der Waals surface area contributed by atoms with Gasteiger partial charge in [0.15, 0.2) is 5.82 Å². The molecule has 0 aliphatic heterocycles. The first-order valence-corrected chi connectivity index (χ1v) is 7.05. The van der Waals surface area contributed by atoms with E-state index in [0.29, 0.717) is 12.4 Å². The molecule has 3 rings (SSSR count). The highest BCUT2D eigenvalue weighted by atomic mass is 16.3. The van der Waals surface area contributed by atoms with E-state index in [1.165, 1.54) is 0 Å². The van der Waals surface area contributed by atoms with E-state index in [1.807, 2.05) is 30.5 Å². The monoisotopic (exact) mass is 282 g/mol. The van der Waals surface area contributed by atoms with Gasteiger partial charge in [-0.3, -0.25) is 0 Å². The molecular formula is C16H18N4O. The molecule has 0 spiro atoms. The van der Waals surface area contributed by atoms with E-state index >= 15 is 0 Å². The number of aromatic nitrogens is 4. The molecule has 5 heteroatoms. The Balaban J connectivity index is 2.03. The van der Waals surface area contributed by atoms with Crippen LogP contribution in [0.25, 0.3) is 22.3 Å². The van der Waals surface area contributed by atoms with Gasteiger partial charge in [-0.2, -0.15) is 5.10 Å². The van der Waals surface area contributed by atoms with Crippen LogP contribution in [0.5, 0.6) is 0 Å². The maximum absolute atomic E-state index is 9.17. The normalized spacial score (nSPS) is 11.1. The largest absolute Gasteiger partial charge is 0.394 e. The van der Waals surface area contributed by atoms with Crippen LogP contribution in [0.3, 0.4) is 0 Å². The summed E-state index contributed by atoms with van der Waals surface area (Å²) in [5.41, 5.74) is 2.06. The zero-order valence-corrected chi connectivity index (χ0v) is 11.8. The van der Waals surface area contributed by atoms with Crippen LogP contribution in [-0.4, -0.2) is 31.5 Å². The fraction of sp³-hybridized carbons (Fsp3) is 0.250. The Labute approximate surface area is 123 Å². The van der Waals surface area contributed by atoms with Gasteiger partial charge in [-0.1, -0.05) is 24.3 Å². The average Bonchev–Trinajstić information content (AvgIpc) is 3.09. The minimum atomic E-state index is 0.0533. The standard InChI is InChI=1S/C16H18N4O/c1-2-3-8-15-18-16(19-20(15)9-10-21)13-11-17-14-7-5-4-6-12(13)14/h2,4-7,11,17,21H,1,3,8-10H2. The predicted molar refractivity (Wildman–Crippen MR) is 82.9 cm³/mol. The number of benzene rings is 1. The van der Waals surface area contributed by atoms with E-state index in [2.05, 4.69) is 27.7 Å². The Bertz CT molecular complexity index is 757. The van der Waals surface area contributed by atoms with Crippen LogP contribution in [0.2, 0.25) is 0 Å². The van der Waals surface area contributed by atoms with E-state index in [0.717, 1.165) is 35.1 Å². The highest BCUT2D eigenvalue weighted by Gasteiger charge is 2.14. The Morgan fingerprint density at radius 1 is 1.33 bits per heavy atom. The van der Waals surface area contributed by atoms with Gasteiger partial charge in [-0.05, 0) is 12.5 Å². The fourth-order valence-electron chi connectivity index (χ4n) is 2.43. The van der Waals surface area contributed by atoms with Crippen LogP contribution in [0.4, 0.5) is 0 Å². The molecule has 2 N–H and O–H groups in total. The predicted octanol–water partition coefficient (Wildman–Crippen LogP) is 2.54. The molecule has 0 fully saturated rings. The number of H-pyrrole nitrogens is 1. The molecule has 5 nitrogen and oxygen atoms in total. The Hall–Kier alpha value is -2.40. The summed E-state index contributed by atoms with van der Waals surface area (Å²) in [6.07, 6.45) is 5.42. The molecule has 108 valence electrons. The number of rotatable bonds is 6. The van der Waals surface area contributed by atoms with Crippen LogP contribution in [0, 0.1) is 0 Å². The molecule has 0 atom stereocenters. The van der Waals surface area contributed by atoms with Gasteiger partial charge in [-0.25, -0.2) is 9.67 Å². The summed E-state index contributed by atoms with van der Waals surface area (Å²) in [5.74, 6) is 1.57. The smallest absolute Gasteiger partial charge is 0.183 e. The quantitative estimate of drug-likeness (QED) is 0.683. The topological polar surface area (TPSA) is 66.7 Å². The van der Waals surface area contributed by atoms with Crippen molar-refractivity contribution in [1.29, 1.82) is 0 Å². The molecule has 1 aromatic carbocycles. The zero-order valence-electron chi connectivity index (χ0n) is 11.8. The van der Waals surface area contributed by atoms with Crippen molar-refractivity contribution in [1.82, 2.24) is 19.7 Å². The van der Waals surface area contributed by atoms with Gasteiger partial charge in [0.25, 0.3) is 0 Å². The first-order valence-electron chi connectivity index (χ1n) is 7.05. The lowest BCUT2D eigenvalue weighted by Crippen LogP contribution is -2.08. The van der Waals surface area contributed by atoms with Crippen molar-refractivity contribution in [2.24, 2.45) is 0 Å². The molecule has 0 saturated carbocycles. The van der Waals surface area contributed by atoms with E-state index in [-0.39, 0.29) is 6.61 Å². The lowest BCUT2D eigenvalue weighted by molar-refractivity contribution is 0.267. The van der Waals surface area contributed by atoms with Gasteiger partial charge in [0.1, 0.15) is 5.82 Å². The summed E-state index contributed by atoms with van der Waals surface area (Å²) in [6, 6.07) is 8.08. The molecule has 0 aliphatic rings. The molecule has 0 unspecified atom stereocenters. The minimum absolute atomic E-state index is 0.0533. The van der Waals surface area contributed by atoms with Gasteiger partial charge in [0.05, 0.1) is 13.2 Å². The molecule has 0 bridgehead atoms.